The van der Waals surface area contributed by atoms with E-state index in [0.717, 1.165) is 11.5 Å². The first-order chi connectivity index (χ1) is 18.0. The average Bonchev–Trinajstić information content (AvgIpc) is 3.57. The number of halogens is 4. The molecule has 0 saturated heterocycles. The summed E-state index contributed by atoms with van der Waals surface area (Å²) in [7, 11) is 0. The summed E-state index contributed by atoms with van der Waals surface area (Å²) in [6.07, 6.45) is 1.41. The zero-order valence-corrected chi connectivity index (χ0v) is 21.9. The molecule has 9 nitrogen and oxygen atoms in total. The van der Waals surface area contributed by atoms with Gasteiger partial charge in [0.2, 0.25) is 0 Å². The number of aromatic nitrogens is 2. The Balaban J connectivity index is 0.000000427. The predicted molar refractivity (Wildman–Crippen MR) is 143 cm³/mol. The normalized spacial score (nSPS) is 10.6. The number of carboxylic acids is 1. The first-order valence-corrected chi connectivity index (χ1v) is 12.5. The number of anilines is 3. The molecule has 0 fully saturated rings. The van der Waals surface area contributed by atoms with Gasteiger partial charge in [0, 0.05) is 27.3 Å². The van der Waals surface area contributed by atoms with Crippen LogP contribution in [0.3, 0.4) is 0 Å². The van der Waals surface area contributed by atoms with E-state index in [1.165, 1.54) is 29.8 Å². The van der Waals surface area contributed by atoms with E-state index in [0.29, 0.717) is 17.1 Å². The van der Waals surface area contributed by atoms with E-state index in [1.807, 2.05) is 0 Å². The Morgan fingerprint density at radius 1 is 1.03 bits per heavy atom. The highest BCUT2D eigenvalue weighted by molar-refractivity contribution is 8.00. The lowest BCUT2D eigenvalue weighted by molar-refractivity contribution is -0.0328. The van der Waals surface area contributed by atoms with Gasteiger partial charge in [-0.25, -0.2) is 4.79 Å². The number of alkyl halides is 3. The number of benzene rings is 2. The Morgan fingerprint density at radius 2 is 1.66 bits per heavy atom. The molecule has 4 aromatic rings. The van der Waals surface area contributed by atoms with E-state index in [1.54, 1.807) is 36.4 Å². The van der Waals surface area contributed by atoms with Crippen LogP contribution in [-0.4, -0.2) is 37.2 Å². The summed E-state index contributed by atoms with van der Waals surface area (Å²) in [5.74, 6) is -1.21. The van der Waals surface area contributed by atoms with Crippen LogP contribution in [0.25, 0.3) is 0 Å². The smallest absolute Gasteiger partial charge is 0.446 e. The lowest BCUT2D eigenvalue weighted by Gasteiger charge is -2.13. The molecule has 0 atom stereocenters. The van der Waals surface area contributed by atoms with Crippen molar-refractivity contribution in [2.24, 2.45) is 0 Å². The maximum absolute atomic E-state index is 12.5. The number of amides is 1. The highest BCUT2D eigenvalue weighted by Gasteiger charge is 2.30. The molecule has 0 aliphatic carbocycles. The van der Waals surface area contributed by atoms with Gasteiger partial charge in [-0.3, -0.25) is 4.79 Å². The van der Waals surface area contributed by atoms with Crippen molar-refractivity contribution in [3.63, 3.8) is 0 Å². The molecule has 0 aliphatic heterocycles. The summed E-state index contributed by atoms with van der Waals surface area (Å²) >= 11 is 11.9. The molecule has 38 heavy (non-hydrogen) atoms. The molecule has 16 heteroatoms. The lowest BCUT2D eigenvalue weighted by Crippen LogP contribution is -2.19. The molecule has 4 N–H and O–H groups in total. The molecule has 0 bridgehead atoms. The van der Waals surface area contributed by atoms with Crippen molar-refractivity contribution in [3.05, 3.63) is 82.7 Å². The van der Waals surface area contributed by atoms with Crippen molar-refractivity contribution in [1.29, 1.82) is 0 Å². The molecule has 0 radical (unpaired) electrons. The fraction of sp³-hybridized carbons (Fsp3) is 0.0455. The minimum Gasteiger partial charge on any atom is -0.476 e. The fourth-order valence-electron chi connectivity index (χ4n) is 2.57. The summed E-state index contributed by atoms with van der Waals surface area (Å²) in [5.41, 5.74) is -2.77. The number of hydrogen-bond donors (Lipinski definition) is 4. The van der Waals surface area contributed by atoms with Crippen molar-refractivity contribution < 1.29 is 32.3 Å². The third-order valence-electron chi connectivity index (χ3n) is 4.14. The van der Waals surface area contributed by atoms with E-state index in [4.69, 9.17) is 33.3 Å². The third-order valence-corrected chi connectivity index (χ3v) is 6.08. The number of carbonyl (C=O) groups excluding carboxylic acids is 1. The molecule has 2 aromatic carbocycles. The monoisotopic (exact) mass is 601 g/mol. The number of carboxylic acid groups (broad SMARTS) is 1. The second kappa shape index (κ2) is 13.2. The molecule has 0 unspecified atom stereocenters. The van der Waals surface area contributed by atoms with E-state index < -0.39 is 11.5 Å². The zero-order chi connectivity index (χ0) is 27.7. The molecule has 1 amide bonds. The SMILES string of the molecule is O=C(Nc1ccc(NC(=S)Nc2ccc(SC(F)(F)F)c(Cl)c2)cc1)c1ccco1.O=C(O)c1csnn1. The molecule has 0 saturated carbocycles. The van der Waals surface area contributed by atoms with Crippen LogP contribution in [0.15, 0.2) is 75.6 Å². The van der Waals surface area contributed by atoms with Crippen molar-refractivity contribution >= 4 is 81.2 Å². The van der Waals surface area contributed by atoms with Crippen molar-refractivity contribution in [3.8, 4) is 0 Å². The maximum Gasteiger partial charge on any atom is 0.446 e. The third kappa shape index (κ3) is 9.33. The molecule has 4 rings (SSSR count). The Kier molecular flexibility index (Phi) is 10.1. The Morgan fingerprint density at radius 3 is 2.16 bits per heavy atom. The van der Waals surface area contributed by atoms with Gasteiger partial charge in [0.15, 0.2) is 16.6 Å². The minimum atomic E-state index is -4.42. The average molecular weight is 602 g/mol. The number of hydrogen-bond acceptors (Lipinski definition) is 8. The number of carbonyl (C=O) groups is 2. The second-order valence-corrected chi connectivity index (χ2v) is 9.41. The molecular formula is C22H15ClF3N5O4S3. The Bertz CT molecular complexity index is 1390. The number of nitrogens with zero attached hydrogens (tertiary/aromatic N) is 2. The van der Waals surface area contributed by atoms with E-state index in [2.05, 4.69) is 25.5 Å². The maximum atomic E-state index is 12.5. The van der Waals surface area contributed by atoms with Crippen LogP contribution in [0, 0.1) is 0 Å². The number of rotatable bonds is 6. The van der Waals surface area contributed by atoms with E-state index in [-0.39, 0.29) is 44.2 Å². The van der Waals surface area contributed by atoms with Crippen molar-refractivity contribution in [2.75, 3.05) is 16.0 Å². The van der Waals surface area contributed by atoms with Gasteiger partial charge in [0.1, 0.15) is 0 Å². The number of aromatic carboxylic acids is 1. The quantitative estimate of drug-likeness (QED) is 0.138. The van der Waals surface area contributed by atoms with Gasteiger partial charge >= 0.3 is 11.5 Å². The molecule has 198 valence electrons. The zero-order valence-electron chi connectivity index (χ0n) is 18.7. The molecule has 2 aromatic heterocycles. The molecule has 0 spiro atoms. The number of nitrogens with one attached hydrogen (secondary N) is 3. The van der Waals surface area contributed by atoms with Crippen LogP contribution >= 0.6 is 47.1 Å². The number of thioether (sulfide) groups is 1. The summed E-state index contributed by atoms with van der Waals surface area (Å²) < 4.78 is 45.8. The van der Waals surface area contributed by atoms with Crippen LogP contribution in [-0.2, 0) is 0 Å². The lowest BCUT2D eigenvalue weighted by atomic mass is 10.2. The van der Waals surface area contributed by atoms with Crippen LogP contribution in [0.1, 0.15) is 21.0 Å². The van der Waals surface area contributed by atoms with Crippen LogP contribution in [0.4, 0.5) is 30.2 Å². The molecule has 0 aliphatic rings. The standard InChI is InChI=1S/C19H13ClF3N3O2S2.C3H2N2O2S/c20-14-10-13(7-8-16(14)30-19(21,22)23)26-18(29)25-12-5-3-11(4-6-12)24-17(27)15-2-1-9-28-15;6-3(7)2-1-8-5-4-2/h1-10H,(H,24,27)(H2,25,26,29);1H,(H,6,7). The van der Waals surface area contributed by atoms with Gasteiger partial charge < -0.3 is 25.5 Å². The highest BCUT2D eigenvalue weighted by atomic mass is 35.5. The van der Waals surface area contributed by atoms with Crippen LogP contribution < -0.4 is 16.0 Å². The fourth-order valence-corrected chi connectivity index (χ4v) is 4.08. The van der Waals surface area contributed by atoms with Crippen LogP contribution in [0.2, 0.25) is 5.02 Å². The van der Waals surface area contributed by atoms with Gasteiger partial charge in [-0.05, 0) is 90.1 Å². The van der Waals surface area contributed by atoms with Gasteiger partial charge in [0.25, 0.3) is 5.91 Å². The van der Waals surface area contributed by atoms with Crippen molar-refractivity contribution in [1.82, 2.24) is 9.59 Å². The highest BCUT2D eigenvalue weighted by Crippen LogP contribution is 2.41. The first-order valence-electron chi connectivity index (χ1n) is 10.1. The number of thiocarbonyl (C=S) groups is 1. The largest absolute Gasteiger partial charge is 0.476 e. The first kappa shape index (κ1) is 28.9. The van der Waals surface area contributed by atoms with Gasteiger partial charge in [-0.2, -0.15) is 13.2 Å². The predicted octanol–water partition coefficient (Wildman–Crippen LogP) is 6.84. The van der Waals surface area contributed by atoms with Crippen molar-refractivity contribution in [2.45, 2.75) is 10.4 Å². The van der Waals surface area contributed by atoms with Crippen LogP contribution in [0.5, 0.6) is 0 Å². The summed E-state index contributed by atoms with van der Waals surface area (Å²) in [5, 5.41) is 21.5. The Labute approximate surface area is 231 Å². The van der Waals surface area contributed by atoms with E-state index in [9.17, 15) is 22.8 Å². The molecule has 2 heterocycles. The van der Waals surface area contributed by atoms with Gasteiger partial charge in [-0.15, -0.1) is 5.10 Å². The second-order valence-electron chi connectivity index (χ2n) is 6.88. The molecular weight excluding hydrogens is 587 g/mol. The minimum absolute atomic E-state index is 0.00926. The van der Waals surface area contributed by atoms with E-state index >= 15 is 0 Å². The summed E-state index contributed by atoms with van der Waals surface area (Å²) in [4.78, 5) is 21.8. The van der Waals surface area contributed by atoms with Gasteiger partial charge in [0.05, 0.1) is 11.3 Å². The summed E-state index contributed by atoms with van der Waals surface area (Å²) in [6, 6.07) is 14.0. The topological polar surface area (TPSA) is 129 Å². The van der Waals surface area contributed by atoms with Gasteiger partial charge in [-0.1, -0.05) is 16.1 Å². The Hall–Kier alpha value is -3.66. The summed E-state index contributed by atoms with van der Waals surface area (Å²) in [6.45, 7) is 0. The number of furan rings is 1.